The lowest BCUT2D eigenvalue weighted by Crippen LogP contribution is -1.95. The predicted octanol–water partition coefficient (Wildman–Crippen LogP) is 2.13. The first-order valence-electron chi connectivity index (χ1n) is 4.53. The van der Waals surface area contributed by atoms with Gasteiger partial charge in [0.15, 0.2) is 0 Å². The summed E-state index contributed by atoms with van der Waals surface area (Å²) >= 11 is 1.54. The molecule has 1 aromatic heterocycles. The summed E-state index contributed by atoms with van der Waals surface area (Å²) in [6.45, 7) is 0. The van der Waals surface area contributed by atoms with Gasteiger partial charge in [-0.3, -0.25) is 4.79 Å². The van der Waals surface area contributed by atoms with Crippen LogP contribution in [0, 0.1) is 0 Å². The maximum absolute atomic E-state index is 10.3. The Morgan fingerprint density at radius 1 is 1.53 bits per heavy atom. The van der Waals surface area contributed by atoms with Crippen molar-refractivity contribution in [2.24, 2.45) is 0 Å². The van der Waals surface area contributed by atoms with Crippen LogP contribution in [0.2, 0.25) is 0 Å². The molecule has 15 heavy (non-hydrogen) atoms. The largest absolute Gasteiger partial charge is 0.481 e. The molecule has 2 aromatic rings. The van der Waals surface area contributed by atoms with E-state index in [1.807, 2.05) is 18.2 Å². The molecule has 1 aromatic carbocycles. The number of nitrogens with one attached hydrogen (secondary N) is 1. The Hall–Kier alpha value is -1.49. The van der Waals surface area contributed by atoms with Crippen LogP contribution >= 0.6 is 11.8 Å². The van der Waals surface area contributed by atoms with Crippen molar-refractivity contribution in [2.45, 2.75) is 11.3 Å². The fourth-order valence-corrected chi connectivity index (χ4v) is 2.14. The standard InChI is InChI=1S/C10H10N2O2S/c13-10(14)3-4-15-7-1-2-8-9(5-7)12-6-11-8/h1-2,5-6H,3-4H2,(H,11,12)(H,13,14). The highest BCUT2D eigenvalue weighted by molar-refractivity contribution is 7.99. The van der Waals surface area contributed by atoms with Crippen molar-refractivity contribution in [3.8, 4) is 0 Å². The SMILES string of the molecule is O=C(O)CCSc1ccc2nc[nH]c2c1. The highest BCUT2D eigenvalue weighted by atomic mass is 32.2. The molecule has 0 amide bonds. The van der Waals surface area contributed by atoms with Gasteiger partial charge in [0.25, 0.3) is 0 Å². The molecule has 4 nitrogen and oxygen atoms in total. The quantitative estimate of drug-likeness (QED) is 0.778. The summed E-state index contributed by atoms with van der Waals surface area (Å²) in [6, 6.07) is 5.86. The minimum absolute atomic E-state index is 0.186. The number of nitrogens with zero attached hydrogens (tertiary/aromatic N) is 1. The molecule has 0 unspecified atom stereocenters. The summed E-state index contributed by atoms with van der Waals surface area (Å²) in [5.41, 5.74) is 1.91. The number of fused-ring (bicyclic) bond motifs is 1. The molecule has 78 valence electrons. The molecular formula is C10H10N2O2S. The van der Waals surface area contributed by atoms with E-state index < -0.39 is 5.97 Å². The molecule has 0 saturated carbocycles. The highest BCUT2D eigenvalue weighted by Gasteiger charge is 2.01. The number of H-pyrrole nitrogens is 1. The Balaban J connectivity index is 2.04. The number of aliphatic carboxylic acids is 1. The third-order valence-corrected chi connectivity index (χ3v) is 2.97. The van der Waals surface area contributed by atoms with Gasteiger partial charge in [-0.1, -0.05) is 0 Å². The Kier molecular flexibility index (Phi) is 2.91. The number of carboxylic acid groups (broad SMARTS) is 1. The zero-order valence-electron chi connectivity index (χ0n) is 7.93. The zero-order chi connectivity index (χ0) is 10.7. The van der Waals surface area contributed by atoms with Gasteiger partial charge in [-0.25, -0.2) is 4.98 Å². The Morgan fingerprint density at radius 3 is 3.20 bits per heavy atom. The van der Waals surface area contributed by atoms with Gasteiger partial charge >= 0.3 is 5.97 Å². The molecule has 2 rings (SSSR count). The van der Waals surface area contributed by atoms with Crippen molar-refractivity contribution in [3.05, 3.63) is 24.5 Å². The molecule has 1 heterocycles. The van der Waals surface area contributed by atoms with Crippen molar-refractivity contribution in [1.82, 2.24) is 9.97 Å². The van der Waals surface area contributed by atoms with Crippen LogP contribution < -0.4 is 0 Å². The second-order valence-electron chi connectivity index (χ2n) is 3.07. The zero-order valence-corrected chi connectivity index (χ0v) is 8.75. The lowest BCUT2D eigenvalue weighted by Gasteiger charge is -1.99. The van der Waals surface area contributed by atoms with Gasteiger partial charge in [-0.2, -0.15) is 0 Å². The number of benzene rings is 1. The minimum Gasteiger partial charge on any atom is -0.481 e. The molecule has 2 N–H and O–H groups in total. The van der Waals surface area contributed by atoms with Crippen molar-refractivity contribution >= 4 is 28.8 Å². The molecule has 0 fully saturated rings. The minimum atomic E-state index is -0.759. The number of carbonyl (C=O) groups is 1. The van der Waals surface area contributed by atoms with E-state index in [9.17, 15) is 4.79 Å². The molecule has 0 radical (unpaired) electrons. The molecule has 0 spiro atoms. The van der Waals surface area contributed by atoms with Gasteiger partial charge in [-0.15, -0.1) is 11.8 Å². The van der Waals surface area contributed by atoms with Crippen LogP contribution in [0.3, 0.4) is 0 Å². The fraction of sp³-hybridized carbons (Fsp3) is 0.200. The van der Waals surface area contributed by atoms with E-state index in [1.165, 1.54) is 11.8 Å². The van der Waals surface area contributed by atoms with E-state index in [1.54, 1.807) is 6.33 Å². The maximum atomic E-state index is 10.3. The van der Waals surface area contributed by atoms with E-state index in [0.29, 0.717) is 5.75 Å². The lowest BCUT2D eigenvalue weighted by atomic mass is 10.3. The van der Waals surface area contributed by atoms with Crippen LogP contribution in [-0.4, -0.2) is 26.8 Å². The van der Waals surface area contributed by atoms with Gasteiger partial charge in [0.2, 0.25) is 0 Å². The molecule has 0 atom stereocenters. The topological polar surface area (TPSA) is 66.0 Å². The Morgan fingerprint density at radius 2 is 2.40 bits per heavy atom. The summed E-state index contributed by atoms with van der Waals surface area (Å²) < 4.78 is 0. The number of aromatic amines is 1. The van der Waals surface area contributed by atoms with Crippen LogP contribution in [0.1, 0.15) is 6.42 Å². The summed E-state index contributed by atoms with van der Waals surface area (Å²) in [7, 11) is 0. The predicted molar refractivity (Wildman–Crippen MR) is 59.1 cm³/mol. The number of imidazole rings is 1. The van der Waals surface area contributed by atoms with Crippen molar-refractivity contribution in [1.29, 1.82) is 0 Å². The average Bonchev–Trinajstić information content (AvgIpc) is 2.64. The fourth-order valence-electron chi connectivity index (χ4n) is 1.26. The van der Waals surface area contributed by atoms with Crippen LogP contribution in [0.4, 0.5) is 0 Å². The van der Waals surface area contributed by atoms with Gasteiger partial charge in [0.05, 0.1) is 23.8 Å². The number of carboxylic acids is 1. The van der Waals surface area contributed by atoms with Crippen LogP contribution in [0.5, 0.6) is 0 Å². The molecule has 5 heteroatoms. The van der Waals surface area contributed by atoms with Crippen LogP contribution in [0.25, 0.3) is 11.0 Å². The number of rotatable bonds is 4. The first-order chi connectivity index (χ1) is 7.25. The summed E-state index contributed by atoms with van der Waals surface area (Å²) in [5, 5.41) is 8.50. The number of hydrogen-bond acceptors (Lipinski definition) is 3. The highest BCUT2D eigenvalue weighted by Crippen LogP contribution is 2.22. The lowest BCUT2D eigenvalue weighted by molar-refractivity contribution is -0.136. The number of thioether (sulfide) groups is 1. The van der Waals surface area contributed by atoms with Gasteiger partial charge < -0.3 is 10.1 Å². The second-order valence-corrected chi connectivity index (χ2v) is 4.24. The van der Waals surface area contributed by atoms with Gasteiger partial charge in [-0.05, 0) is 18.2 Å². The van der Waals surface area contributed by atoms with E-state index in [-0.39, 0.29) is 6.42 Å². The van der Waals surface area contributed by atoms with Crippen molar-refractivity contribution < 1.29 is 9.90 Å². The second kappa shape index (κ2) is 4.35. The van der Waals surface area contributed by atoms with E-state index >= 15 is 0 Å². The third kappa shape index (κ3) is 2.50. The van der Waals surface area contributed by atoms with Crippen LogP contribution in [-0.2, 0) is 4.79 Å². The number of aromatic nitrogens is 2. The molecule has 0 bridgehead atoms. The summed E-state index contributed by atoms with van der Waals surface area (Å²) in [4.78, 5) is 18.5. The molecule has 0 aliphatic carbocycles. The van der Waals surface area contributed by atoms with Crippen LogP contribution in [0.15, 0.2) is 29.4 Å². The van der Waals surface area contributed by atoms with Crippen molar-refractivity contribution in [3.63, 3.8) is 0 Å². The third-order valence-electron chi connectivity index (χ3n) is 1.98. The molecule has 0 aliphatic rings. The van der Waals surface area contributed by atoms with E-state index in [4.69, 9.17) is 5.11 Å². The Bertz CT molecular complexity index is 481. The molecule has 0 aliphatic heterocycles. The summed E-state index contributed by atoms with van der Waals surface area (Å²) in [5.74, 6) is -0.167. The van der Waals surface area contributed by atoms with E-state index in [0.717, 1.165) is 15.9 Å². The molecular weight excluding hydrogens is 212 g/mol. The van der Waals surface area contributed by atoms with E-state index in [2.05, 4.69) is 9.97 Å². The van der Waals surface area contributed by atoms with Crippen molar-refractivity contribution in [2.75, 3.05) is 5.75 Å². The average molecular weight is 222 g/mol. The smallest absolute Gasteiger partial charge is 0.304 e. The molecule has 0 saturated heterocycles. The first kappa shape index (κ1) is 10.0. The monoisotopic (exact) mass is 222 g/mol. The number of hydrogen-bond donors (Lipinski definition) is 2. The maximum Gasteiger partial charge on any atom is 0.304 e. The normalized spacial score (nSPS) is 10.7. The first-order valence-corrected chi connectivity index (χ1v) is 5.52. The van der Waals surface area contributed by atoms with Gasteiger partial charge in [0, 0.05) is 10.6 Å². The van der Waals surface area contributed by atoms with Gasteiger partial charge in [0.1, 0.15) is 0 Å². The summed E-state index contributed by atoms with van der Waals surface area (Å²) in [6.07, 6.45) is 1.84. The Labute approximate surface area is 90.7 Å².